The molecule has 0 saturated heterocycles. The molecule has 0 aromatic heterocycles. The highest BCUT2D eigenvalue weighted by Crippen LogP contribution is 2.16. The molecule has 0 amide bonds. The number of nitrogens with one attached hydrogen (secondary N) is 1. The lowest BCUT2D eigenvalue weighted by Gasteiger charge is -2.11. The summed E-state index contributed by atoms with van der Waals surface area (Å²) in [5.41, 5.74) is 2.35. The highest BCUT2D eigenvalue weighted by atomic mass is 32.2. The molecule has 0 atom stereocenters. The monoisotopic (exact) mass is 291 g/mol. The predicted molar refractivity (Wildman–Crippen MR) is 77.6 cm³/mol. The molecule has 0 fully saturated rings. The van der Waals surface area contributed by atoms with E-state index in [1.807, 2.05) is 31.2 Å². The number of aryl methyl sites for hydroxylation is 1. The van der Waals surface area contributed by atoms with Crippen molar-refractivity contribution in [2.45, 2.75) is 25.0 Å². The number of rotatable bonds is 5. The quantitative estimate of drug-likeness (QED) is 0.885. The molecule has 2 N–H and O–H groups in total. The van der Waals surface area contributed by atoms with Gasteiger partial charge in [-0.1, -0.05) is 42.5 Å². The van der Waals surface area contributed by atoms with Crippen molar-refractivity contribution in [3.05, 3.63) is 65.2 Å². The maximum absolute atomic E-state index is 12.3. The van der Waals surface area contributed by atoms with Crippen LogP contribution in [-0.4, -0.2) is 13.5 Å². The number of aliphatic hydroxyl groups excluding tert-OH is 1. The van der Waals surface area contributed by atoms with Crippen molar-refractivity contribution in [1.82, 2.24) is 4.72 Å². The van der Waals surface area contributed by atoms with E-state index in [-0.39, 0.29) is 18.0 Å². The van der Waals surface area contributed by atoms with Crippen LogP contribution in [0, 0.1) is 6.92 Å². The first kappa shape index (κ1) is 14.7. The summed E-state index contributed by atoms with van der Waals surface area (Å²) in [4.78, 5) is 0.121. The lowest BCUT2D eigenvalue weighted by atomic mass is 10.1. The van der Waals surface area contributed by atoms with Gasteiger partial charge in [0.2, 0.25) is 10.0 Å². The molecule has 0 aliphatic rings. The molecule has 4 nitrogen and oxygen atoms in total. The normalized spacial score (nSPS) is 11.5. The van der Waals surface area contributed by atoms with E-state index in [1.165, 1.54) is 6.07 Å². The summed E-state index contributed by atoms with van der Waals surface area (Å²) in [7, 11) is -3.63. The zero-order valence-corrected chi connectivity index (χ0v) is 12.0. The molecule has 106 valence electrons. The lowest BCUT2D eigenvalue weighted by molar-refractivity contribution is 0.278. The Labute approximate surface area is 119 Å². The van der Waals surface area contributed by atoms with Gasteiger partial charge >= 0.3 is 0 Å². The van der Waals surface area contributed by atoms with Gasteiger partial charge in [0.25, 0.3) is 0 Å². The Morgan fingerprint density at radius 2 is 1.60 bits per heavy atom. The molecule has 0 aliphatic carbocycles. The second-order valence-electron chi connectivity index (χ2n) is 4.52. The molecule has 5 heteroatoms. The highest BCUT2D eigenvalue weighted by molar-refractivity contribution is 7.89. The smallest absolute Gasteiger partial charge is 0.241 e. The summed E-state index contributed by atoms with van der Waals surface area (Å²) in [5.74, 6) is 0. The van der Waals surface area contributed by atoms with Crippen LogP contribution >= 0.6 is 0 Å². The molecule has 0 radical (unpaired) electrons. The van der Waals surface area contributed by atoms with E-state index in [0.29, 0.717) is 5.56 Å². The van der Waals surface area contributed by atoms with Crippen LogP contribution in [0.15, 0.2) is 53.4 Å². The first-order valence-electron chi connectivity index (χ1n) is 6.27. The van der Waals surface area contributed by atoms with E-state index >= 15 is 0 Å². The van der Waals surface area contributed by atoms with Gasteiger partial charge < -0.3 is 5.11 Å². The van der Waals surface area contributed by atoms with Crippen molar-refractivity contribution in [3.8, 4) is 0 Å². The maximum atomic E-state index is 12.3. The topological polar surface area (TPSA) is 66.4 Å². The number of aliphatic hydroxyl groups is 1. The molecule has 0 saturated carbocycles. The molecule has 0 bridgehead atoms. The third-order valence-electron chi connectivity index (χ3n) is 3.15. The van der Waals surface area contributed by atoms with E-state index < -0.39 is 10.0 Å². The average Bonchev–Trinajstić information content (AvgIpc) is 2.46. The summed E-state index contributed by atoms with van der Waals surface area (Å²) in [6, 6.07) is 14.0. The second-order valence-corrected chi connectivity index (χ2v) is 6.25. The van der Waals surface area contributed by atoms with Crippen LogP contribution in [0.4, 0.5) is 0 Å². The van der Waals surface area contributed by atoms with Crippen LogP contribution in [-0.2, 0) is 23.2 Å². The van der Waals surface area contributed by atoms with E-state index in [9.17, 15) is 13.5 Å². The van der Waals surface area contributed by atoms with Crippen molar-refractivity contribution >= 4 is 10.0 Å². The molecule has 0 heterocycles. The summed E-state index contributed by atoms with van der Waals surface area (Å²) in [6.07, 6.45) is 0. The Bertz CT molecular complexity index is 696. The predicted octanol–water partition coefficient (Wildman–Crippen LogP) is 1.97. The third-order valence-corrected chi connectivity index (χ3v) is 4.65. The molecule has 2 aromatic carbocycles. The van der Waals surface area contributed by atoms with E-state index in [4.69, 9.17) is 0 Å². The number of sulfonamides is 1. The van der Waals surface area contributed by atoms with Gasteiger partial charge in [-0.05, 0) is 29.7 Å². The number of hydrogen-bond acceptors (Lipinski definition) is 3. The van der Waals surface area contributed by atoms with Crippen LogP contribution in [0.25, 0.3) is 0 Å². The van der Waals surface area contributed by atoms with E-state index in [0.717, 1.165) is 11.1 Å². The Morgan fingerprint density at radius 3 is 2.25 bits per heavy atom. The third kappa shape index (κ3) is 3.25. The highest BCUT2D eigenvalue weighted by Gasteiger charge is 2.17. The van der Waals surface area contributed by atoms with Gasteiger partial charge in [-0.3, -0.25) is 0 Å². The van der Waals surface area contributed by atoms with Crippen LogP contribution in [0.3, 0.4) is 0 Å². The minimum atomic E-state index is -3.63. The number of benzene rings is 2. The zero-order valence-electron chi connectivity index (χ0n) is 11.2. The summed E-state index contributed by atoms with van der Waals surface area (Å²) < 4.78 is 27.1. The fraction of sp³-hybridized carbons (Fsp3) is 0.200. The molecule has 2 rings (SSSR count). The van der Waals surface area contributed by atoms with Crippen molar-refractivity contribution in [1.29, 1.82) is 0 Å². The fourth-order valence-electron chi connectivity index (χ4n) is 1.96. The van der Waals surface area contributed by atoms with Gasteiger partial charge in [-0.2, -0.15) is 0 Å². The summed E-state index contributed by atoms with van der Waals surface area (Å²) >= 11 is 0. The Kier molecular flexibility index (Phi) is 4.54. The van der Waals surface area contributed by atoms with Gasteiger partial charge in [0, 0.05) is 6.54 Å². The molecule has 0 unspecified atom stereocenters. The van der Waals surface area contributed by atoms with E-state index in [1.54, 1.807) is 18.2 Å². The Balaban J connectivity index is 2.22. The van der Waals surface area contributed by atoms with Crippen molar-refractivity contribution in [3.63, 3.8) is 0 Å². The lowest BCUT2D eigenvalue weighted by Crippen LogP contribution is -2.24. The summed E-state index contributed by atoms with van der Waals surface area (Å²) in [5, 5.41) is 9.22. The molecular weight excluding hydrogens is 274 g/mol. The van der Waals surface area contributed by atoms with Crippen LogP contribution in [0.2, 0.25) is 0 Å². The standard InChI is InChI=1S/C15H17NO3S/c1-12-6-2-3-7-13(12)10-16-20(18,19)15-9-5-4-8-14(15)11-17/h2-9,16-17H,10-11H2,1H3. The first-order chi connectivity index (χ1) is 9.54. The Morgan fingerprint density at radius 1 is 1.00 bits per heavy atom. The SMILES string of the molecule is Cc1ccccc1CNS(=O)(=O)c1ccccc1CO. The van der Waals surface area contributed by atoms with Gasteiger partial charge in [-0.15, -0.1) is 0 Å². The number of hydrogen-bond donors (Lipinski definition) is 2. The maximum Gasteiger partial charge on any atom is 0.241 e. The zero-order chi connectivity index (χ0) is 14.6. The van der Waals surface area contributed by atoms with Crippen molar-refractivity contribution in [2.75, 3.05) is 0 Å². The largest absolute Gasteiger partial charge is 0.392 e. The van der Waals surface area contributed by atoms with Crippen LogP contribution < -0.4 is 4.72 Å². The molecule has 2 aromatic rings. The second kappa shape index (κ2) is 6.17. The summed E-state index contributed by atoms with van der Waals surface area (Å²) in [6.45, 7) is 1.86. The fourth-order valence-corrected chi connectivity index (χ4v) is 3.19. The molecule has 20 heavy (non-hydrogen) atoms. The average molecular weight is 291 g/mol. The molecule has 0 aliphatic heterocycles. The minimum absolute atomic E-state index is 0.121. The van der Waals surface area contributed by atoms with Gasteiger partial charge in [-0.25, -0.2) is 13.1 Å². The Hall–Kier alpha value is -1.69. The van der Waals surface area contributed by atoms with Crippen LogP contribution in [0.5, 0.6) is 0 Å². The van der Waals surface area contributed by atoms with E-state index in [2.05, 4.69) is 4.72 Å². The van der Waals surface area contributed by atoms with Gasteiger partial charge in [0.05, 0.1) is 11.5 Å². The molecular formula is C15H17NO3S. The van der Waals surface area contributed by atoms with Crippen molar-refractivity contribution in [2.24, 2.45) is 0 Å². The van der Waals surface area contributed by atoms with Crippen molar-refractivity contribution < 1.29 is 13.5 Å². The minimum Gasteiger partial charge on any atom is -0.392 e. The first-order valence-corrected chi connectivity index (χ1v) is 7.76. The molecule has 0 spiro atoms. The van der Waals surface area contributed by atoms with Crippen LogP contribution in [0.1, 0.15) is 16.7 Å². The van der Waals surface area contributed by atoms with Gasteiger partial charge in [0.15, 0.2) is 0 Å². The van der Waals surface area contributed by atoms with Gasteiger partial charge in [0.1, 0.15) is 0 Å².